The van der Waals surface area contributed by atoms with Crippen LogP contribution in [0.5, 0.6) is 0 Å². The molecule has 1 heterocycles. The highest BCUT2D eigenvalue weighted by Crippen LogP contribution is 2.15. The smallest absolute Gasteiger partial charge is 0.408 e. The van der Waals surface area contributed by atoms with Crippen LogP contribution in [0.1, 0.15) is 12.8 Å². The molecule has 0 aliphatic rings. The lowest BCUT2D eigenvalue weighted by Crippen LogP contribution is -2.17. The fraction of sp³-hybridized carbons (Fsp3) is 0.176. The van der Waals surface area contributed by atoms with Crippen molar-refractivity contribution in [3.63, 3.8) is 0 Å². The van der Waals surface area contributed by atoms with Gasteiger partial charge in [-0.15, -0.1) is 0 Å². The van der Waals surface area contributed by atoms with E-state index in [1.807, 2.05) is 42.5 Å². The summed E-state index contributed by atoms with van der Waals surface area (Å²) >= 11 is 3.35. The van der Waals surface area contributed by atoms with Gasteiger partial charge in [-0.05, 0) is 42.8 Å². The number of fused-ring (bicyclic) bond motifs is 1. The molecule has 0 unspecified atom stereocenters. The summed E-state index contributed by atoms with van der Waals surface area (Å²) in [6.07, 6.45) is 0.897. The molecule has 23 heavy (non-hydrogen) atoms. The molecule has 6 heteroatoms. The van der Waals surface area contributed by atoms with Gasteiger partial charge in [-0.1, -0.05) is 28.1 Å². The van der Waals surface area contributed by atoms with Gasteiger partial charge in [-0.25, -0.2) is 4.79 Å². The number of hydrogen-bond acceptors (Lipinski definition) is 3. The van der Waals surface area contributed by atoms with E-state index >= 15 is 0 Å². The quantitative estimate of drug-likeness (QED) is 0.738. The van der Waals surface area contributed by atoms with Crippen molar-refractivity contribution in [3.05, 3.63) is 63.6 Å². The molecule has 0 atom stereocenters. The summed E-state index contributed by atoms with van der Waals surface area (Å²) in [4.78, 5) is 23.8. The SMILES string of the molecule is O=C(CCCn1c(=O)oc2ccccc21)Nc1ccc(Br)cc1. The zero-order valence-electron chi connectivity index (χ0n) is 12.3. The number of anilines is 1. The molecule has 3 aromatic rings. The Morgan fingerprint density at radius 3 is 2.65 bits per heavy atom. The fourth-order valence-corrected chi connectivity index (χ4v) is 2.64. The maximum absolute atomic E-state index is 11.9. The van der Waals surface area contributed by atoms with Crippen LogP contribution in [0.4, 0.5) is 5.69 Å². The van der Waals surface area contributed by atoms with E-state index in [-0.39, 0.29) is 11.7 Å². The molecule has 5 nitrogen and oxygen atoms in total. The van der Waals surface area contributed by atoms with Crippen molar-refractivity contribution in [3.8, 4) is 0 Å². The number of halogens is 1. The summed E-state index contributed by atoms with van der Waals surface area (Å²) in [6.45, 7) is 0.448. The minimum atomic E-state index is -0.389. The normalized spacial score (nSPS) is 10.8. The Morgan fingerprint density at radius 1 is 1.13 bits per heavy atom. The number of rotatable bonds is 5. The molecular formula is C17H15BrN2O3. The predicted octanol–water partition coefficient (Wildman–Crippen LogP) is 3.78. The number of amides is 1. The van der Waals surface area contributed by atoms with Crippen LogP contribution >= 0.6 is 15.9 Å². The number of carbonyl (C=O) groups is 1. The minimum Gasteiger partial charge on any atom is -0.408 e. The van der Waals surface area contributed by atoms with E-state index in [0.29, 0.717) is 25.0 Å². The lowest BCUT2D eigenvalue weighted by atomic mass is 10.2. The highest BCUT2D eigenvalue weighted by Gasteiger charge is 2.09. The zero-order chi connectivity index (χ0) is 16.2. The number of hydrogen-bond donors (Lipinski definition) is 1. The molecule has 0 bridgehead atoms. The highest BCUT2D eigenvalue weighted by molar-refractivity contribution is 9.10. The summed E-state index contributed by atoms with van der Waals surface area (Å²) in [5, 5.41) is 2.83. The lowest BCUT2D eigenvalue weighted by molar-refractivity contribution is -0.116. The van der Waals surface area contributed by atoms with Crippen LogP contribution in [0.25, 0.3) is 11.1 Å². The van der Waals surface area contributed by atoms with Gasteiger partial charge in [0.15, 0.2) is 5.58 Å². The Kier molecular flexibility index (Phi) is 4.62. The molecule has 0 spiro atoms. The molecule has 0 fully saturated rings. The van der Waals surface area contributed by atoms with Crippen molar-refractivity contribution in [1.29, 1.82) is 0 Å². The van der Waals surface area contributed by atoms with Crippen molar-refractivity contribution in [2.75, 3.05) is 5.32 Å². The maximum Gasteiger partial charge on any atom is 0.419 e. The highest BCUT2D eigenvalue weighted by atomic mass is 79.9. The topological polar surface area (TPSA) is 64.2 Å². The van der Waals surface area contributed by atoms with E-state index in [4.69, 9.17) is 4.42 Å². The number of oxazole rings is 1. The van der Waals surface area contributed by atoms with Crippen molar-refractivity contribution in [2.24, 2.45) is 0 Å². The van der Waals surface area contributed by atoms with Crippen LogP contribution in [0.15, 0.2) is 62.2 Å². The molecule has 0 saturated heterocycles. The second-order valence-corrected chi connectivity index (χ2v) is 6.06. The van der Waals surface area contributed by atoms with Gasteiger partial charge in [0, 0.05) is 23.1 Å². The van der Waals surface area contributed by atoms with Crippen LogP contribution in [0, 0.1) is 0 Å². The Labute approximate surface area is 141 Å². The van der Waals surface area contributed by atoms with Gasteiger partial charge in [0.25, 0.3) is 0 Å². The lowest BCUT2D eigenvalue weighted by Gasteiger charge is -2.05. The average Bonchev–Trinajstić information content (AvgIpc) is 2.86. The third-order valence-electron chi connectivity index (χ3n) is 3.49. The Balaban J connectivity index is 1.58. The third-order valence-corrected chi connectivity index (χ3v) is 4.02. The van der Waals surface area contributed by atoms with Crippen LogP contribution in [-0.4, -0.2) is 10.5 Å². The molecule has 0 radical (unpaired) electrons. The van der Waals surface area contributed by atoms with Crippen molar-refractivity contribution in [2.45, 2.75) is 19.4 Å². The number of nitrogens with one attached hydrogen (secondary N) is 1. The van der Waals surface area contributed by atoms with Crippen molar-refractivity contribution >= 4 is 38.6 Å². The third kappa shape index (κ3) is 3.71. The van der Waals surface area contributed by atoms with Gasteiger partial charge >= 0.3 is 5.76 Å². The zero-order valence-corrected chi connectivity index (χ0v) is 13.9. The average molecular weight is 375 g/mol. The van der Waals surface area contributed by atoms with Gasteiger partial charge in [-0.2, -0.15) is 0 Å². The number of aromatic nitrogens is 1. The molecule has 2 aromatic carbocycles. The molecule has 1 aromatic heterocycles. The minimum absolute atomic E-state index is 0.0758. The molecule has 118 valence electrons. The number of nitrogens with zero attached hydrogens (tertiary/aromatic N) is 1. The van der Waals surface area contributed by atoms with Crippen LogP contribution < -0.4 is 11.1 Å². The molecule has 0 aliphatic carbocycles. The Hall–Kier alpha value is -2.34. The van der Waals surface area contributed by atoms with E-state index in [0.717, 1.165) is 15.7 Å². The summed E-state index contributed by atoms with van der Waals surface area (Å²) in [6, 6.07) is 14.7. The van der Waals surface area contributed by atoms with Gasteiger partial charge in [-0.3, -0.25) is 9.36 Å². The van der Waals surface area contributed by atoms with Crippen LogP contribution in [0.3, 0.4) is 0 Å². The van der Waals surface area contributed by atoms with E-state index in [9.17, 15) is 9.59 Å². The van der Waals surface area contributed by atoms with Crippen molar-refractivity contribution in [1.82, 2.24) is 4.57 Å². The summed E-state index contributed by atoms with van der Waals surface area (Å²) < 4.78 is 7.68. The standard InChI is InChI=1S/C17H15BrN2O3/c18-12-7-9-13(10-8-12)19-16(21)6-3-11-20-14-4-1-2-5-15(14)23-17(20)22/h1-2,4-5,7-10H,3,6,11H2,(H,19,21). The summed E-state index contributed by atoms with van der Waals surface area (Å²) in [5.74, 6) is -0.465. The number of benzene rings is 2. The van der Waals surface area contributed by atoms with E-state index < -0.39 is 0 Å². The monoisotopic (exact) mass is 374 g/mol. The second kappa shape index (κ2) is 6.83. The number of aryl methyl sites for hydroxylation is 1. The molecule has 1 amide bonds. The second-order valence-electron chi connectivity index (χ2n) is 5.15. The van der Waals surface area contributed by atoms with E-state index in [1.165, 1.54) is 0 Å². The molecular weight excluding hydrogens is 360 g/mol. The number of carbonyl (C=O) groups excluding carboxylic acids is 1. The van der Waals surface area contributed by atoms with E-state index in [1.54, 1.807) is 10.6 Å². The Morgan fingerprint density at radius 2 is 1.87 bits per heavy atom. The summed E-state index contributed by atoms with van der Waals surface area (Å²) in [5.41, 5.74) is 2.08. The first-order valence-corrected chi connectivity index (χ1v) is 8.06. The first kappa shape index (κ1) is 15.6. The van der Waals surface area contributed by atoms with Crippen molar-refractivity contribution < 1.29 is 9.21 Å². The van der Waals surface area contributed by atoms with Gasteiger partial charge in [0.2, 0.25) is 5.91 Å². The van der Waals surface area contributed by atoms with Crippen LogP contribution in [-0.2, 0) is 11.3 Å². The largest absolute Gasteiger partial charge is 0.419 e. The van der Waals surface area contributed by atoms with Crippen LogP contribution in [0.2, 0.25) is 0 Å². The predicted molar refractivity (Wildman–Crippen MR) is 92.5 cm³/mol. The van der Waals surface area contributed by atoms with Gasteiger partial charge in [0.05, 0.1) is 5.52 Å². The molecule has 1 N–H and O–H groups in total. The number of para-hydroxylation sites is 2. The fourth-order valence-electron chi connectivity index (χ4n) is 2.38. The van der Waals surface area contributed by atoms with E-state index in [2.05, 4.69) is 21.2 Å². The Bertz CT molecular complexity index is 881. The molecule has 0 saturated carbocycles. The maximum atomic E-state index is 11.9. The molecule has 3 rings (SSSR count). The first-order chi connectivity index (χ1) is 11.1. The summed E-state index contributed by atoms with van der Waals surface area (Å²) in [7, 11) is 0. The first-order valence-electron chi connectivity index (χ1n) is 7.27. The van der Waals surface area contributed by atoms with Gasteiger partial charge < -0.3 is 9.73 Å². The van der Waals surface area contributed by atoms with Gasteiger partial charge in [0.1, 0.15) is 0 Å². The molecule has 0 aliphatic heterocycles.